The smallest absolute Gasteiger partial charge is 0.289 e. The molecule has 1 N–H and O–H groups in total. The van der Waals surface area contributed by atoms with Gasteiger partial charge in [0, 0.05) is 13.1 Å². The fourth-order valence-electron chi connectivity index (χ4n) is 2.39. The quantitative estimate of drug-likeness (QED) is 0.866. The lowest BCUT2D eigenvalue weighted by atomic mass is 9.94. The molecule has 0 saturated carbocycles. The van der Waals surface area contributed by atoms with E-state index in [4.69, 9.17) is 4.42 Å². The molecule has 2 rings (SSSR count). The molecule has 4 heteroatoms. The molecule has 17 heavy (non-hydrogen) atoms. The number of hydrogen-bond donors (Lipinski definition) is 1. The van der Waals surface area contributed by atoms with Gasteiger partial charge in [-0.15, -0.1) is 0 Å². The van der Waals surface area contributed by atoms with Crippen molar-refractivity contribution in [3.8, 4) is 0 Å². The first-order chi connectivity index (χ1) is 8.31. The Morgan fingerprint density at radius 3 is 3.24 bits per heavy atom. The zero-order valence-corrected chi connectivity index (χ0v) is 10.3. The van der Waals surface area contributed by atoms with Crippen LogP contribution < -0.4 is 5.32 Å². The van der Waals surface area contributed by atoms with E-state index in [9.17, 15) is 4.79 Å². The molecule has 1 amide bonds. The molecule has 0 bridgehead atoms. The first kappa shape index (κ1) is 12.2. The number of rotatable bonds is 4. The number of carbonyl (C=O) groups is 1. The van der Waals surface area contributed by atoms with Crippen LogP contribution in [0, 0.1) is 5.92 Å². The highest BCUT2D eigenvalue weighted by atomic mass is 16.3. The summed E-state index contributed by atoms with van der Waals surface area (Å²) >= 11 is 0. The molecule has 1 aliphatic rings. The number of nitrogens with zero attached hydrogens (tertiary/aromatic N) is 1. The van der Waals surface area contributed by atoms with Crippen LogP contribution in [0.4, 0.5) is 0 Å². The number of amides is 1. The molecule has 0 spiro atoms. The second kappa shape index (κ2) is 5.87. The summed E-state index contributed by atoms with van der Waals surface area (Å²) in [7, 11) is 1.97. The van der Waals surface area contributed by atoms with Crippen molar-refractivity contribution in [3.63, 3.8) is 0 Å². The van der Waals surface area contributed by atoms with E-state index in [1.165, 1.54) is 6.42 Å². The second-order valence-corrected chi connectivity index (χ2v) is 4.63. The molecule has 1 saturated heterocycles. The lowest BCUT2D eigenvalue weighted by Crippen LogP contribution is -2.40. The second-order valence-electron chi connectivity index (χ2n) is 4.63. The Bertz CT molecular complexity index is 348. The van der Waals surface area contributed by atoms with Gasteiger partial charge in [-0.2, -0.15) is 0 Å². The van der Waals surface area contributed by atoms with Gasteiger partial charge >= 0.3 is 0 Å². The van der Waals surface area contributed by atoms with Crippen molar-refractivity contribution in [2.24, 2.45) is 5.92 Å². The molecule has 1 unspecified atom stereocenters. The van der Waals surface area contributed by atoms with Crippen LogP contribution in [-0.2, 0) is 0 Å². The van der Waals surface area contributed by atoms with Crippen LogP contribution in [0.5, 0.6) is 0 Å². The Balaban J connectivity index is 1.90. The maximum atomic E-state index is 12.1. The summed E-state index contributed by atoms with van der Waals surface area (Å²) in [5, 5.41) is 3.16. The minimum absolute atomic E-state index is 0.0316. The van der Waals surface area contributed by atoms with E-state index in [0.29, 0.717) is 11.7 Å². The maximum absolute atomic E-state index is 12.1. The van der Waals surface area contributed by atoms with Gasteiger partial charge in [-0.25, -0.2) is 0 Å². The minimum atomic E-state index is 0.0316. The molecular formula is C13H20N2O2. The molecule has 0 radical (unpaired) electrons. The molecule has 1 aromatic heterocycles. The Morgan fingerprint density at radius 2 is 2.53 bits per heavy atom. The largest absolute Gasteiger partial charge is 0.459 e. The van der Waals surface area contributed by atoms with E-state index in [1.54, 1.807) is 18.4 Å². The fourth-order valence-corrected chi connectivity index (χ4v) is 2.39. The monoisotopic (exact) mass is 236 g/mol. The van der Waals surface area contributed by atoms with Gasteiger partial charge in [-0.05, 0) is 50.9 Å². The van der Waals surface area contributed by atoms with Crippen molar-refractivity contribution in [1.29, 1.82) is 0 Å². The van der Waals surface area contributed by atoms with Crippen LogP contribution >= 0.6 is 0 Å². The molecule has 1 aromatic rings. The molecule has 2 heterocycles. The number of hydrogen-bond acceptors (Lipinski definition) is 3. The molecule has 0 aromatic carbocycles. The van der Waals surface area contributed by atoms with Gasteiger partial charge in [0.2, 0.25) is 0 Å². The number of piperidine rings is 1. The highest BCUT2D eigenvalue weighted by molar-refractivity contribution is 5.91. The molecule has 0 aliphatic carbocycles. The van der Waals surface area contributed by atoms with Gasteiger partial charge in [0.25, 0.3) is 5.91 Å². The minimum Gasteiger partial charge on any atom is -0.459 e. The summed E-state index contributed by atoms with van der Waals surface area (Å²) in [5.74, 6) is 1.11. The van der Waals surface area contributed by atoms with Crippen LogP contribution in [-0.4, -0.2) is 37.5 Å². The van der Waals surface area contributed by atoms with Gasteiger partial charge in [0.05, 0.1) is 6.26 Å². The zero-order chi connectivity index (χ0) is 12.1. The molecule has 94 valence electrons. The summed E-state index contributed by atoms with van der Waals surface area (Å²) in [5.41, 5.74) is 0. The predicted molar refractivity (Wildman–Crippen MR) is 65.9 cm³/mol. The lowest BCUT2D eigenvalue weighted by Gasteiger charge is -2.32. The zero-order valence-electron chi connectivity index (χ0n) is 10.3. The summed E-state index contributed by atoms with van der Waals surface area (Å²) in [6.45, 7) is 2.74. The van der Waals surface area contributed by atoms with E-state index in [1.807, 2.05) is 11.9 Å². The third-order valence-corrected chi connectivity index (χ3v) is 3.34. The Hall–Kier alpha value is -1.29. The Morgan fingerprint density at radius 1 is 1.65 bits per heavy atom. The van der Waals surface area contributed by atoms with Crippen molar-refractivity contribution in [1.82, 2.24) is 10.2 Å². The maximum Gasteiger partial charge on any atom is 0.289 e. The van der Waals surface area contributed by atoms with Crippen LogP contribution in [0.25, 0.3) is 0 Å². The Kier molecular flexibility index (Phi) is 4.20. The van der Waals surface area contributed by atoms with Crippen LogP contribution in [0.2, 0.25) is 0 Å². The van der Waals surface area contributed by atoms with Crippen molar-refractivity contribution >= 4 is 5.91 Å². The normalized spacial score (nSPS) is 20.5. The highest BCUT2D eigenvalue weighted by Gasteiger charge is 2.25. The van der Waals surface area contributed by atoms with E-state index in [-0.39, 0.29) is 5.91 Å². The number of carbonyl (C=O) groups excluding carboxylic acids is 1. The fraction of sp³-hybridized carbons (Fsp3) is 0.615. The van der Waals surface area contributed by atoms with Crippen LogP contribution in [0.1, 0.15) is 29.8 Å². The standard InChI is InChI=1S/C13H20N2O2/c1-14-7-6-11-4-2-8-15(10-11)13(16)12-5-3-9-17-12/h3,5,9,11,14H,2,4,6-8,10H2,1H3. The van der Waals surface area contributed by atoms with Gasteiger partial charge in [0.1, 0.15) is 0 Å². The van der Waals surface area contributed by atoms with Gasteiger partial charge in [-0.1, -0.05) is 0 Å². The summed E-state index contributed by atoms with van der Waals surface area (Å²) in [6, 6.07) is 3.50. The van der Waals surface area contributed by atoms with E-state index < -0.39 is 0 Å². The van der Waals surface area contributed by atoms with Crippen molar-refractivity contribution < 1.29 is 9.21 Å². The lowest BCUT2D eigenvalue weighted by molar-refractivity contribution is 0.0636. The van der Waals surface area contributed by atoms with Crippen molar-refractivity contribution in [2.75, 3.05) is 26.7 Å². The van der Waals surface area contributed by atoms with Crippen LogP contribution in [0.15, 0.2) is 22.8 Å². The Labute approximate surface area is 102 Å². The summed E-state index contributed by atoms with van der Waals surface area (Å²) in [4.78, 5) is 14.0. The highest BCUT2D eigenvalue weighted by Crippen LogP contribution is 2.20. The topological polar surface area (TPSA) is 45.5 Å². The molecular weight excluding hydrogens is 216 g/mol. The van der Waals surface area contributed by atoms with E-state index in [2.05, 4.69) is 5.32 Å². The third-order valence-electron chi connectivity index (χ3n) is 3.34. The molecule has 1 atom stereocenters. The number of furan rings is 1. The van der Waals surface area contributed by atoms with Crippen LogP contribution in [0.3, 0.4) is 0 Å². The van der Waals surface area contributed by atoms with E-state index in [0.717, 1.165) is 32.5 Å². The molecule has 1 fully saturated rings. The average Bonchev–Trinajstić information content (AvgIpc) is 2.89. The predicted octanol–water partition coefficient (Wildman–Crippen LogP) is 1.74. The van der Waals surface area contributed by atoms with Gasteiger partial charge < -0.3 is 14.6 Å². The average molecular weight is 236 g/mol. The number of likely N-dealkylation sites (tertiary alicyclic amines) is 1. The first-order valence-corrected chi connectivity index (χ1v) is 6.28. The van der Waals surface area contributed by atoms with Gasteiger partial charge in [-0.3, -0.25) is 4.79 Å². The SMILES string of the molecule is CNCCC1CCCN(C(=O)c2ccco2)C1. The van der Waals surface area contributed by atoms with Crippen molar-refractivity contribution in [2.45, 2.75) is 19.3 Å². The summed E-state index contributed by atoms with van der Waals surface area (Å²) in [6.07, 6.45) is 5.01. The number of nitrogens with one attached hydrogen (secondary N) is 1. The molecule has 1 aliphatic heterocycles. The third kappa shape index (κ3) is 3.09. The molecule has 4 nitrogen and oxygen atoms in total. The van der Waals surface area contributed by atoms with E-state index >= 15 is 0 Å². The van der Waals surface area contributed by atoms with Crippen molar-refractivity contribution in [3.05, 3.63) is 24.2 Å². The summed E-state index contributed by atoms with van der Waals surface area (Å²) < 4.78 is 5.16. The first-order valence-electron chi connectivity index (χ1n) is 6.28. The van der Waals surface area contributed by atoms with Gasteiger partial charge in [0.15, 0.2) is 5.76 Å².